The smallest absolute Gasteiger partial charge is 0.338 e. The molecule has 7 heteroatoms. The molecular formula is C22H23N3O3S. The van der Waals surface area contributed by atoms with Gasteiger partial charge in [0.1, 0.15) is 0 Å². The van der Waals surface area contributed by atoms with Crippen molar-refractivity contribution in [2.75, 3.05) is 25.6 Å². The van der Waals surface area contributed by atoms with Gasteiger partial charge < -0.3 is 14.2 Å². The number of rotatable bonds is 6. The fourth-order valence-corrected chi connectivity index (χ4v) is 3.40. The zero-order chi connectivity index (χ0) is 20.8. The summed E-state index contributed by atoms with van der Waals surface area (Å²) in [5.41, 5.74) is 3.60. The number of benzene rings is 2. The van der Waals surface area contributed by atoms with Crippen LogP contribution in [0.15, 0.2) is 65.1 Å². The third-order valence-corrected chi connectivity index (χ3v) is 5.07. The molecular weight excluding hydrogens is 386 g/mol. The van der Waals surface area contributed by atoms with Crippen LogP contribution < -0.4 is 9.70 Å². The molecule has 0 unspecified atom stereocenters. The van der Waals surface area contributed by atoms with Crippen LogP contribution in [0.2, 0.25) is 0 Å². The molecule has 0 N–H and O–H groups in total. The second-order valence-electron chi connectivity index (χ2n) is 6.83. The molecule has 150 valence electrons. The largest absolute Gasteiger partial charge is 0.452 e. The van der Waals surface area contributed by atoms with Crippen molar-refractivity contribution in [3.63, 3.8) is 0 Å². The Morgan fingerprint density at radius 2 is 1.90 bits per heavy atom. The molecule has 2 aromatic carbocycles. The molecule has 0 saturated heterocycles. The number of carbonyl (C=O) groups excluding carboxylic acids is 2. The second-order valence-corrected chi connectivity index (χ2v) is 7.70. The normalized spacial score (nSPS) is 11.3. The van der Waals surface area contributed by atoms with Crippen molar-refractivity contribution in [2.45, 2.75) is 13.5 Å². The van der Waals surface area contributed by atoms with Crippen molar-refractivity contribution in [1.29, 1.82) is 0 Å². The summed E-state index contributed by atoms with van der Waals surface area (Å²) in [6.45, 7) is 2.26. The summed E-state index contributed by atoms with van der Waals surface area (Å²) in [6.07, 6.45) is 1.88. The molecule has 0 radical (unpaired) electrons. The van der Waals surface area contributed by atoms with Crippen LogP contribution in [0.4, 0.5) is 5.69 Å². The topological polar surface area (TPSA) is 63.9 Å². The predicted octanol–water partition coefficient (Wildman–Crippen LogP) is 3.26. The lowest BCUT2D eigenvalue weighted by Crippen LogP contribution is -2.20. The monoisotopic (exact) mass is 409 g/mol. The number of carbonyl (C=O) groups is 2. The Bertz CT molecular complexity index is 1070. The van der Waals surface area contributed by atoms with Crippen LogP contribution >= 0.6 is 11.3 Å². The number of ether oxygens (including phenoxy) is 1. The first kappa shape index (κ1) is 20.5. The minimum Gasteiger partial charge on any atom is -0.452 e. The molecule has 3 aromatic rings. The van der Waals surface area contributed by atoms with Crippen LogP contribution in [0, 0.1) is 6.92 Å². The van der Waals surface area contributed by atoms with E-state index in [-0.39, 0.29) is 0 Å². The first-order valence-corrected chi connectivity index (χ1v) is 10.0. The van der Waals surface area contributed by atoms with Gasteiger partial charge in [-0.2, -0.15) is 4.99 Å². The van der Waals surface area contributed by atoms with Gasteiger partial charge in [0.2, 0.25) is 0 Å². The maximum absolute atomic E-state index is 12.2. The van der Waals surface area contributed by atoms with Gasteiger partial charge in [-0.05, 0) is 30.7 Å². The quantitative estimate of drug-likeness (QED) is 0.586. The molecule has 3 rings (SSSR count). The first-order chi connectivity index (χ1) is 13.9. The predicted molar refractivity (Wildman–Crippen MR) is 114 cm³/mol. The van der Waals surface area contributed by atoms with Crippen molar-refractivity contribution in [1.82, 2.24) is 4.57 Å². The van der Waals surface area contributed by atoms with Gasteiger partial charge >= 0.3 is 5.97 Å². The Kier molecular flexibility index (Phi) is 6.61. The molecule has 0 aliphatic rings. The summed E-state index contributed by atoms with van der Waals surface area (Å²) in [7, 11) is 3.78. The van der Waals surface area contributed by atoms with Crippen molar-refractivity contribution in [2.24, 2.45) is 4.99 Å². The third kappa shape index (κ3) is 5.65. The first-order valence-electron chi connectivity index (χ1n) is 9.14. The van der Waals surface area contributed by atoms with E-state index in [2.05, 4.69) is 29.3 Å². The molecule has 1 aromatic heterocycles. The van der Waals surface area contributed by atoms with Crippen molar-refractivity contribution in [3.05, 3.63) is 81.6 Å². The number of esters is 1. The molecule has 29 heavy (non-hydrogen) atoms. The van der Waals surface area contributed by atoms with Crippen molar-refractivity contribution >= 4 is 28.9 Å². The van der Waals surface area contributed by atoms with Gasteiger partial charge in [0.15, 0.2) is 11.4 Å². The number of nitrogens with zero attached hydrogens (tertiary/aromatic N) is 3. The summed E-state index contributed by atoms with van der Waals surface area (Å²) >= 11 is 1.37. The number of amides is 1. The van der Waals surface area contributed by atoms with E-state index in [0.29, 0.717) is 16.9 Å². The molecule has 0 aliphatic carbocycles. The van der Waals surface area contributed by atoms with Crippen LogP contribution in [-0.4, -0.2) is 37.1 Å². The molecule has 0 aliphatic heterocycles. The second kappa shape index (κ2) is 9.34. The number of aryl methyl sites for hydroxylation is 1. The van der Waals surface area contributed by atoms with Crippen molar-refractivity contribution in [3.8, 4) is 0 Å². The average molecular weight is 410 g/mol. The average Bonchev–Trinajstić information content (AvgIpc) is 3.14. The molecule has 1 amide bonds. The molecule has 0 bridgehead atoms. The minimum atomic E-state index is -0.545. The van der Waals surface area contributed by atoms with Gasteiger partial charge in [-0.25, -0.2) is 4.79 Å². The van der Waals surface area contributed by atoms with Gasteiger partial charge in [0, 0.05) is 37.9 Å². The van der Waals surface area contributed by atoms with Crippen LogP contribution in [0.3, 0.4) is 0 Å². The highest BCUT2D eigenvalue weighted by Gasteiger charge is 2.11. The van der Waals surface area contributed by atoms with E-state index in [0.717, 1.165) is 11.3 Å². The highest BCUT2D eigenvalue weighted by Crippen LogP contribution is 2.14. The minimum absolute atomic E-state index is 0.395. The molecule has 0 atom stereocenters. The highest BCUT2D eigenvalue weighted by molar-refractivity contribution is 7.07. The summed E-state index contributed by atoms with van der Waals surface area (Å²) in [4.78, 5) is 31.0. The van der Waals surface area contributed by atoms with E-state index in [1.807, 2.05) is 48.1 Å². The number of hydrogen-bond acceptors (Lipinski definition) is 5. The zero-order valence-electron chi connectivity index (χ0n) is 16.7. The van der Waals surface area contributed by atoms with Crippen LogP contribution in [0.5, 0.6) is 0 Å². The maximum Gasteiger partial charge on any atom is 0.338 e. The van der Waals surface area contributed by atoms with Gasteiger partial charge in [0.05, 0.1) is 5.56 Å². The molecule has 0 saturated carbocycles. The molecule has 6 nitrogen and oxygen atoms in total. The molecule has 0 spiro atoms. The van der Waals surface area contributed by atoms with E-state index in [1.54, 1.807) is 18.2 Å². The SMILES string of the molecule is Cc1ccc(Cn2ccsc2=NC(=O)COC(=O)c2cccc(N(C)C)c2)cc1. The van der Waals surface area contributed by atoms with Crippen LogP contribution in [-0.2, 0) is 16.1 Å². The highest BCUT2D eigenvalue weighted by atomic mass is 32.1. The van der Waals surface area contributed by atoms with Crippen LogP contribution in [0.1, 0.15) is 21.5 Å². The Morgan fingerprint density at radius 1 is 1.14 bits per heavy atom. The maximum atomic E-state index is 12.2. The lowest BCUT2D eigenvalue weighted by molar-refractivity contribution is -0.121. The van der Waals surface area contributed by atoms with E-state index >= 15 is 0 Å². The zero-order valence-corrected chi connectivity index (χ0v) is 17.5. The van der Waals surface area contributed by atoms with E-state index in [9.17, 15) is 9.59 Å². The Labute approximate surface area is 173 Å². The summed E-state index contributed by atoms with van der Waals surface area (Å²) in [6, 6.07) is 15.2. The summed E-state index contributed by atoms with van der Waals surface area (Å²) in [5, 5.41) is 1.87. The van der Waals surface area contributed by atoms with Gasteiger partial charge in [-0.1, -0.05) is 35.9 Å². The number of anilines is 1. The lowest BCUT2D eigenvalue weighted by atomic mass is 10.1. The van der Waals surface area contributed by atoms with E-state index < -0.39 is 18.5 Å². The van der Waals surface area contributed by atoms with E-state index in [1.165, 1.54) is 16.9 Å². The summed E-state index contributed by atoms with van der Waals surface area (Å²) in [5.74, 6) is -1.04. The molecule has 0 fully saturated rings. The van der Waals surface area contributed by atoms with Crippen LogP contribution in [0.25, 0.3) is 0 Å². The lowest BCUT2D eigenvalue weighted by Gasteiger charge is -2.13. The number of aromatic nitrogens is 1. The van der Waals surface area contributed by atoms with Gasteiger partial charge in [-0.15, -0.1) is 11.3 Å². The standard InChI is InChI=1S/C22H23N3O3S/c1-16-7-9-17(10-8-16)14-25-11-12-29-22(25)23-20(26)15-28-21(27)18-5-4-6-19(13-18)24(2)3/h4-13H,14-15H2,1-3H3. The number of thiazole rings is 1. The summed E-state index contributed by atoms with van der Waals surface area (Å²) < 4.78 is 7.04. The Hall–Kier alpha value is -3.19. The fourth-order valence-electron chi connectivity index (χ4n) is 2.66. The third-order valence-electron chi connectivity index (χ3n) is 4.28. The van der Waals surface area contributed by atoms with E-state index in [4.69, 9.17) is 4.74 Å². The van der Waals surface area contributed by atoms with Crippen molar-refractivity contribution < 1.29 is 14.3 Å². The Morgan fingerprint density at radius 3 is 2.62 bits per heavy atom. The fraction of sp³-hybridized carbons (Fsp3) is 0.227. The van der Waals surface area contributed by atoms with Gasteiger partial charge in [-0.3, -0.25) is 4.79 Å². The Balaban J connectivity index is 1.64. The van der Waals surface area contributed by atoms with Gasteiger partial charge in [0.25, 0.3) is 5.91 Å². The number of hydrogen-bond donors (Lipinski definition) is 0. The molecule has 1 heterocycles.